The molecule has 0 spiro atoms. The van der Waals surface area contributed by atoms with Gasteiger partial charge in [0, 0.05) is 54.0 Å². The third kappa shape index (κ3) is 6.85. The first-order chi connectivity index (χ1) is 17.6. The van der Waals surface area contributed by atoms with Crippen molar-refractivity contribution < 1.29 is 9.53 Å². The predicted molar refractivity (Wildman–Crippen MR) is 149 cm³/mol. The quantitative estimate of drug-likeness (QED) is 0.154. The molecular weight excluding hydrogens is 474 g/mol. The van der Waals surface area contributed by atoms with Gasteiger partial charge >= 0.3 is 0 Å². The van der Waals surface area contributed by atoms with Crippen LogP contribution in [0.2, 0.25) is 0 Å². The Morgan fingerprint density at radius 3 is 2.69 bits per heavy atom. The van der Waals surface area contributed by atoms with Crippen LogP contribution in [-0.2, 0) is 16.1 Å². The van der Waals surface area contributed by atoms with E-state index in [1.165, 1.54) is 18.1 Å². The van der Waals surface area contributed by atoms with Crippen LogP contribution >= 0.6 is 11.3 Å². The fraction of sp³-hybridized carbons (Fsp3) is 0.462. The number of nitrogen functional groups attached to an aromatic ring is 1. The van der Waals surface area contributed by atoms with E-state index in [1.54, 1.807) is 17.4 Å². The molecule has 194 valence electrons. The molecule has 0 amide bonds. The lowest BCUT2D eigenvalue weighted by molar-refractivity contribution is -0.107. The summed E-state index contributed by atoms with van der Waals surface area (Å²) in [6.07, 6.45) is 6.04. The van der Waals surface area contributed by atoms with Crippen LogP contribution in [0.25, 0.3) is 21.6 Å². The van der Waals surface area contributed by atoms with Crippen molar-refractivity contribution >= 4 is 45.6 Å². The standard InChI is InChI=1S/C25H32N6O2S.CH5N/c1-30(9-4-2-3-5-12-32)17-18-15-22-23(34-18)25(31-10-13-33-14-11-31)29-24(28-22)19-7-6-8-21(27)20(19)16-26;1-2/h6-8,12,15-16,26H,2-5,9-11,13-14,17,27H2,1H3;2H2,1H3. The van der Waals surface area contributed by atoms with Gasteiger partial charge in [0.2, 0.25) is 0 Å². The van der Waals surface area contributed by atoms with Crippen LogP contribution in [0.1, 0.15) is 36.1 Å². The average molecular weight is 512 g/mol. The van der Waals surface area contributed by atoms with Gasteiger partial charge in [-0.05, 0) is 45.6 Å². The molecule has 0 bridgehead atoms. The first-order valence-electron chi connectivity index (χ1n) is 12.3. The predicted octanol–water partition coefficient (Wildman–Crippen LogP) is 3.54. The van der Waals surface area contributed by atoms with Gasteiger partial charge in [0.05, 0.1) is 23.4 Å². The summed E-state index contributed by atoms with van der Waals surface area (Å²) in [5, 5.41) is 7.85. The summed E-state index contributed by atoms with van der Waals surface area (Å²) in [7, 11) is 3.63. The molecule has 36 heavy (non-hydrogen) atoms. The number of rotatable bonds is 11. The molecule has 9 nitrogen and oxygen atoms in total. The van der Waals surface area contributed by atoms with Crippen molar-refractivity contribution in [1.29, 1.82) is 5.41 Å². The van der Waals surface area contributed by atoms with Gasteiger partial charge in [0.25, 0.3) is 0 Å². The lowest BCUT2D eigenvalue weighted by Crippen LogP contribution is -2.36. The highest BCUT2D eigenvalue weighted by atomic mass is 32.1. The lowest BCUT2D eigenvalue weighted by atomic mass is 10.1. The number of ether oxygens (including phenoxy) is 1. The number of fused-ring (bicyclic) bond motifs is 1. The molecule has 10 heteroatoms. The van der Waals surface area contributed by atoms with Crippen molar-refractivity contribution in [3.05, 3.63) is 34.7 Å². The summed E-state index contributed by atoms with van der Waals surface area (Å²) < 4.78 is 6.65. The molecule has 2 aromatic heterocycles. The molecule has 0 aliphatic carbocycles. The number of aromatic nitrogens is 2. The highest BCUT2D eigenvalue weighted by Gasteiger charge is 2.21. The number of carbonyl (C=O) groups excluding carboxylic acids is 1. The zero-order valence-corrected chi connectivity index (χ0v) is 22.0. The Kier molecular flexibility index (Phi) is 10.7. The van der Waals surface area contributed by atoms with Crippen molar-refractivity contribution in [2.45, 2.75) is 32.2 Å². The summed E-state index contributed by atoms with van der Waals surface area (Å²) in [5.74, 6) is 1.52. The Hall–Kier alpha value is -2.92. The topological polar surface area (TPSA) is 134 Å². The summed E-state index contributed by atoms with van der Waals surface area (Å²) in [5.41, 5.74) is 13.5. The van der Waals surface area contributed by atoms with E-state index in [0.29, 0.717) is 36.7 Å². The van der Waals surface area contributed by atoms with E-state index >= 15 is 0 Å². The minimum absolute atomic E-state index is 0.546. The third-order valence-corrected chi connectivity index (χ3v) is 7.13. The second kappa shape index (κ2) is 14.0. The van der Waals surface area contributed by atoms with E-state index in [-0.39, 0.29) is 0 Å². The minimum atomic E-state index is 0.546. The second-order valence-electron chi connectivity index (χ2n) is 8.60. The zero-order valence-electron chi connectivity index (χ0n) is 21.2. The normalized spacial score (nSPS) is 13.5. The second-order valence-corrected chi connectivity index (χ2v) is 9.74. The van der Waals surface area contributed by atoms with Crippen molar-refractivity contribution in [3.63, 3.8) is 0 Å². The number of thiophene rings is 1. The number of unbranched alkanes of at least 4 members (excludes halogenated alkanes) is 3. The number of benzene rings is 1. The molecule has 0 saturated carbocycles. The first-order valence-corrected chi connectivity index (χ1v) is 13.1. The van der Waals surface area contributed by atoms with Crippen molar-refractivity contribution in [2.24, 2.45) is 5.73 Å². The Morgan fingerprint density at radius 1 is 1.19 bits per heavy atom. The zero-order chi connectivity index (χ0) is 25.9. The molecule has 3 heterocycles. The van der Waals surface area contributed by atoms with Gasteiger partial charge in [0.1, 0.15) is 6.29 Å². The number of nitrogens with zero attached hydrogens (tertiary/aromatic N) is 4. The van der Waals surface area contributed by atoms with Crippen LogP contribution in [0, 0.1) is 5.41 Å². The van der Waals surface area contributed by atoms with Crippen molar-refractivity contribution in [2.75, 3.05) is 57.6 Å². The van der Waals surface area contributed by atoms with Crippen LogP contribution in [0.3, 0.4) is 0 Å². The first kappa shape index (κ1) is 27.7. The van der Waals surface area contributed by atoms with Gasteiger partial charge in [-0.25, -0.2) is 9.97 Å². The van der Waals surface area contributed by atoms with Gasteiger partial charge in [-0.15, -0.1) is 11.3 Å². The number of nitrogens with two attached hydrogens (primary N) is 2. The van der Waals surface area contributed by atoms with Gasteiger partial charge in [-0.3, -0.25) is 0 Å². The molecule has 5 N–H and O–H groups in total. The molecule has 1 saturated heterocycles. The van der Waals surface area contributed by atoms with Gasteiger partial charge in [-0.1, -0.05) is 18.6 Å². The average Bonchev–Trinajstić information content (AvgIpc) is 3.31. The van der Waals surface area contributed by atoms with E-state index in [2.05, 4.69) is 28.6 Å². The Bertz CT molecular complexity index is 1140. The highest BCUT2D eigenvalue weighted by molar-refractivity contribution is 7.19. The van der Waals surface area contributed by atoms with Gasteiger partial charge in [-0.2, -0.15) is 0 Å². The maximum Gasteiger partial charge on any atom is 0.162 e. The minimum Gasteiger partial charge on any atom is -0.398 e. The van der Waals surface area contributed by atoms with E-state index < -0.39 is 0 Å². The van der Waals surface area contributed by atoms with Crippen LogP contribution < -0.4 is 16.4 Å². The third-order valence-electron chi connectivity index (χ3n) is 6.03. The smallest absolute Gasteiger partial charge is 0.162 e. The van der Waals surface area contributed by atoms with E-state index in [1.807, 2.05) is 12.1 Å². The molecule has 3 aromatic rings. The van der Waals surface area contributed by atoms with E-state index in [9.17, 15) is 4.79 Å². The SMILES string of the molecule is CN.CN(CCCCCC=O)Cc1cc2nc(-c3cccc(N)c3C=N)nc(N3CCOCC3)c2s1. The number of hydrogen-bond donors (Lipinski definition) is 3. The Balaban J connectivity index is 0.00000176. The van der Waals surface area contributed by atoms with E-state index in [4.69, 9.17) is 25.8 Å². The largest absolute Gasteiger partial charge is 0.398 e. The van der Waals surface area contributed by atoms with Gasteiger partial charge in [0.15, 0.2) is 11.6 Å². The molecule has 1 aliphatic rings. The fourth-order valence-electron chi connectivity index (χ4n) is 4.22. The molecule has 1 aromatic carbocycles. The highest BCUT2D eigenvalue weighted by Crippen LogP contribution is 2.36. The molecule has 0 atom stereocenters. The number of aldehydes is 1. The number of nitrogens with one attached hydrogen (secondary N) is 1. The maximum absolute atomic E-state index is 10.5. The number of carbonyl (C=O) groups is 1. The molecular formula is C26H37N7O2S. The van der Waals surface area contributed by atoms with Crippen LogP contribution in [-0.4, -0.2) is 74.3 Å². The molecule has 1 fully saturated rings. The summed E-state index contributed by atoms with van der Waals surface area (Å²) in [6, 6.07) is 7.76. The van der Waals surface area contributed by atoms with Crippen molar-refractivity contribution in [1.82, 2.24) is 14.9 Å². The summed E-state index contributed by atoms with van der Waals surface area (Å²) in [6.45, 7) is 4.76. The number of morpholine rings is 1. The monoisotopic (exact) mass is 511 g/mol. The Morgan fingerprint density at radius 2 is 1.97 bits per heavy atom. The molecule has 0 radical (unpaired) electrons. The number of hydrogen-bond acceptors (Lipinski definition) is 10. The van der Waals surface area contributed by atoms with Gasteiger partial charge < -0.3 is 36.2 Å². The molecule has 0 unspecified atom stereocenters. The van der Waals surface area contributed by atoms with Crippen LogP contribution in [0.15, 0.2) is 24.3 Å². The van der Waals surface area contributed by atoms with E-state index in [0.717, 1.165) is 73.3 Å². The Labute approximate surface area is 217 Å². The van der Waals surface area contributed by atoms with Crippen LogP contribution in [0.4, 0.5) is 11.5 Å². The summed E-state index contributed by atoms with van der Waals surface area (Å²) >= 11 is 1.75. The van der Waals surface area contributed by atoms with Crippen LogP contribution in [0.5, 0.6) is 0 Å². The summed E-state index contributed by atoms with van der Waals surface area (Å²) in [4.78, 5) is 26.2. The fourth-order valence-corrected chi connectivity index (χ4v) is 5.42. The molecule has 1 aliphatic heterocycles. The number of anilines is 2. The lowest BCUT2D eigenvalue weighted by Gasteiger charge is -2.28. The molecule has 4 rings (SSSR count). The maximum atomic E-state index is 10.5. The van der Waals surface area contributed by atoms with Crippen molar-refractivity contribution in [3.8, 4) is 11.4 Å².